The van der Waals surface area contributed by atoms with Gasteiger partial charge in [-0.25, -0.2) is 14.1 Å². The van der Waals surface area contributed by atoms with Crippen molar-refractivity contribution in [3.63, 3.8) is 0 Å². The molecule has 0 atom stereocenters. The van der Waals surface area contributed by atoms with Crippen molar-refractivity contribution in [2.45, 2.75) is 50.9 Å². The van der Waals surface area contributed by atoms with Crippen molar-refractivity contribution in [3.05, 3.63) is 81.6 Å². The minimum Gasteiger partial charge on any atom is -0.351 e. The number of carbonyl (C=O) groups excluding carboxylic acids is 1. The van der Waals surface area contributed by atoms with Crippen molar-refractivity contribution >= 4 is 23.4 Å². The zero-order valence-corrected chi connectivity index (χ0v) is 20.4. The molecule has 0 fully saturated rings. The highest BCUT2D eigenvalue weighted by Crippen LogP contribution is 2.40. The summed E-state index contributed by atoms with van der Waals surface area (Å²) in [5, 5.41) is 8.05. The molecule has 0 unspecified atom stereocenters. The van der Waals surface area contributed by atoms with E-state index < -0.39 is 0 Å². The van der Waals surface area contributed by atoms with Gasteiger partial charge in [0.05, 0.1) is 17.0 Å². The van der Waals surface area contributed by atoms with E-state index in [2.05, 4.69) is 30.3 Å². The second-order valence-electron chi connectivity index (χ2n) is 9.14. The molecule has 1 aliphatic carbocycles. The summed E-state index contributed by atoms with van der Waals surface area (Å²) in [6.07, 6.45) is 0.769. The van der Waals surface area contributed by atoms with E-state index in [1.807, 2.05) is 55.5 Å². The Morgan fingerprint density at radius 1 is 1.12 bits per heavy atom. The van der Waals surface area contributed by atoms with Crippen LogP contribution in [0, 0.1) is 0 Å². The van der Waals surface area contributed by atoms with E-state index >= 15 is 0 Å². The molecule has 2 heterocycles. The Hall–Kier alpha value is -3.39. The molecule has 0 spiro atoms. The molecule has 34 heavy (non-hydrogen) atoms. The highest BCUT2D eigenvalue weighted by atomic mass is 32.2. The molecule has 4 aromatic rings. The van der Waals surface area contributed by atoms with Gasteiger partial charge in [0.2, 0.25) is 11.7 Å². The van der Waals surface area contributed by atoms with Crippen LogP contribution in [-0.2, 0) is 29.7 Å². The van der Waals surface area contributed by atoms with Gasteiger partial charge in [0.1, 0.15) is 0 Å². The number of rotatable bonds is 6. The maximum absolute atomic E-state index is 13.9. The van der Waals surface area contributed by atoms with Crippen molar-refractivity contribution in [2.75, 3.05) is 5.75 Å². The standard InChI is InChI=1S/C26H27N5O2S/c1-4-30-24-28-22-19-13-9-8-12-18(19)14-26(2,3)21(22)23(33)31(24)25(29-30)34-16-20(32)27-15-17-10-6-5-7-11-17/h5-13H,4,14-16H2,1-3H3,(H,27,32). The molecule has 0 saturated heterocycles. The summed E-state index contributed by atoms with van der Waals surface area (Å²) in [6, 6.07) is 17.9. The number of benzene rings is 2. The van der Waals surface area contributed by atoms with Crippen LogP contribution in [0.15, 0.2) is 64.5 Å². The van der Waals surface area contributed by atoms with Gasteiger partial charge >= 0.3 is 0 Å². The second kappa shape index (κ2) is 8.76. The Balaban J connectivity index is 1.50. The van der Waals surface area contributed by atoms with Crippen LogP contribution in [0.3, 0.4) is 0 Å². The lowest BCUT2D eigenvalue weighted by atomic mass is 9.72. The van der Waals surface area contributed by atoms with Crippen LogP contribution >= 0.6 is 11.8 Å². The summed E-state index contributed by atoms with van der Waals surface area (Å²) in [6.45, 7) is 7.18. The Labute approximate surface area is 202 Å². The number of nitrogens with one attached hydrogen (secondary N) is 1. The number of hydrogen-bond donors (Lipinski definition) is 1. The average molecular weight is 474 g/mol. The minimum atomic E-state index is -0.363. The minimum absolute atomic E-state index is 0.105. The molecule has 0 aliphatic heterocycles. The van der Waals surface area contributed by atoms with Gasteiger partial charge < -0.3 is 5.32 Å². The monoisotopic (exact) mass is 473 g/mol. The lowest BCUT2D eigenvalue weighted by molar-refractivity contribution is -0.118. The Morgan fingerprint density at radius 3 is 2.62 bits per heavy atom. The van der Waals surface area contributed by atoms with E-state index in [0.717, 1.165) is 23.2 Å². The normalized spacial score (nSPS) is 14.0. The van der Waals surface area contributed by atoms with E-state index in [1.165, 1.54) is 17.3 Å². The number of thioether (sulfide) groups is 1. The zero-order chi connectivity index (χ0) is 23.9. The molecular weight excluding hydrogens is 446 g/mol. The molecule has 1 N–H and O–H groups in total. The summed E-state index contributed by atoms with van der Waals surface area (Å²) >= 11 is 1.26. The smallest absolute Gasteiger partial charge is 0.265 e. The van der Waals surface area contributed by atoms with Crippen LogP contribution < -0.4 is 10.9 Å². The SMILES string of the molecule is CCn1nc(SCC(=O)NCc2ccccc2)n2c(=O)c3c(nc12)-c1ccccc1CC3(C)C. The fourth-order valence-corrected chi connectivity index (χ4v) is 5.42. The number of hydrogen-bond acceptors (Lipinski definition) is 5. The maximum atomic E-state index is 13.9. The molecule has 2 aromatic carbocycles. The van der Waals surface area contributed by atoms with E-state index in [-0.39, 0.29) is 22.6 Å². The number of carbonyl (C=O) groups is 1. The Kier molecular flexibility index (Phi) is 5.77. The van der Waals surface area contributed by atoms with Gasteiger partial charge in [0.15, 0.2) is 5.16 Å². The predicted octanol–water partition coefficient (Wildman–Crippen LogP) is 3.82. The molecule has 2 aromatic heterocycles. The maximum Gasteiger partial charge on any atom is 0.265 e. The topological polar surface area (TPSA) is 81.3 Å². The third kappa shape index (κ3) is 3.92. The fraction of sp³-hybridized carbons (Fsp3) is 0.308. The van der Waals surface area contributed by atoms with E-state index in [1.54, 1.807) is 9.08 Å². The van der Waals surface area contributed by atoms with Crippen molar-refractivity contribution in [1.29, 1.82) is 0 Å². The molecule has 1 aliphatic rings. The van der Waals surface area contributed by atoms with Gasteiger partial charge in [-0.15, -0.1) is 5.10 Å². The summed E-state index contributed by atoms with van der Waals surface area (Å²) < 4.78 is 3.31. The van der Waals surface area contributed by atoms with Crippen LogP contribution in [0.25, 0.3) is 17.0 Å². The molecular formula is C26H27N5O2S. The molecule has 8 heteroatoms. The van der Waals surface area contributed by atoms with E-state index in [9.17, 15) is 9.59 Å². The largest absolute Gasteiger partial charge is 0.351 e. The predicted molar refractivity (Wildman–Crippen MR) is 134 cm³/mol. The molecule has 174 valence electrons. The van der Waals surface area contributed by atoms with Crippen molar-refractivity contribution in [2.24, 2.45) is 0 Å². The van der Waals surface area contributed by atoms with Gasteiger partial charge in [-0.05, 0) is 24.5 Å². The number of fused-ring (bicyclic) bond motifs is 4. The van der Waals surface area contributed by atoms with Crippen LogP contribution in [-0.4, -0.2) is 30.8 Å². The first-order valence-corrected chi connectivity index (χ1v) is 12.4. The molecule has 0 saturated carbocycles. The molecule has 1 amide bonds. The number of aryl methyl sites for hydroxylation is 1. The molecule has 0 bridgehead atoms. The third-order valence-electron chi connectivity index (χ3n) is 6.24. The van der Waals surface area contributed by atoms with Gasteiger partial charge in [-0.2, -0.15) is 0 Å². The number of amides is 1. The Bertz CT molecular complexity index is 1440. The number of nitrogens with zero attached hydrogens (tertiary/aromatic N) is 4. The molecule has 5 rings (SSSR count). The van der Waals surface area contributed by atoms with Gasteiger partial charge in [0.25, 0.3) is 5.56 Å². The van der Waals surface area contributed by atoms with Crippen molar-refractivity contribution < 1.29 is 4.79 Å². The van der Waals surface area contributed by atoms with Gasteiger partial charge in [0, 0.05) is 24.1 Å². The Morgan fingerprint density at radius 2 is 1.85 bits per heavy atom. The molecule has 0 radical (unpaired) electrons. The third-order valence-corrected chi connectivity index (χ3v) is 7.17. The number of aromatic nitrogens is 4. The van der Waals surface area contributed by atoms with Crippen molar-refractivity contribution in [3.8, 4) is 11.3 Å². The fourth-order valence-electron chi connectivity index (χ4n) is 4.61. The highest BCUT2D eigenvalue weighted by molar-refractivity contribution is 7.99. The van der Waals surface area contributed by atoms with Gasteiger partial charge in [-0.1, -0.05) is 80.2 Å². The summed E-state index contributed by atoms with van der Waals surface area (Å²) in [5.74, 6) is 0.561. The van der Waals surface area contributed by atoms with E-state index in [0.29, 0.717) is 29.6 Å². The summed E-state index contributed by atoms with van der Waals surface area (Å²) in [5.41, 5.74) is 4.22. The summed E-state index contributed by atoms with van der Waals surface area (Å²) in [4.78, 5) is 31.3. The lowest BCUT2D eigenvalue weighted by Crippen LogP contribution is -2.36. The van der Waals surface area contributed by atoms with Crippen LogP contribution in [0.5, 0.6) is 0 Å². The highest BCUT2D eigenvalue weighted by Gasteiger charge is 2.36. The van der Waals surface area contributed by atoms with Crippen molar-refractivity contribution in [1.82, 2.24) is 24.5 Å². The summed E-state index contributed by atoms with van der Waals surface area (Å²) in [7, 11) is 0. The van der Waals surface area contributed by atoms with Crippen LogP contribution in [0.4, 0.5) is 0 Å². The van der Waals surface area contributed by atoms with E-state index in [4.69, 9.17) is 4.98 Å². The van der Waals surface area contributed by atoms with Crippen LogP contribution in [0.2, 0.25) is 0 Å². The first-order chi connectivity index (χ1) is 16.4. The second-order valence-corrected chi connectivity index (χ2v) is 10.1. The lowest BCUT2D eigenvalue weighted by Gasteiger charge is -2.32. The quantitative estimate of drug-likeness (QED) is 0.431. The molecule has 7 nitrogen and oxygen atoms in total. The van der Waals surface area contributed by atoms with Gasteiger partial charge in [-0.3, -0.25) is 9.59 Å². The van der Waals surface area contributed by atoms with Crippen LogP contribution in [0.1, 0.15) is 37.5 Å². The first-order valence-electron chi connectivity index (χ1n) is 11.4. The first kappa shape index (κ1) is 22.4. The zero-order valence-electron chi connectivity index (χ0n) is 19.5. The average Bonchev–Trinajstić information content (AvgIpc) is 3.19.